The Morgan fingerprint density at radius 1 is 0.272 bits per heavy atom. The standard InChI is InChI=1S/C61H116O20/c1-2-3-4-5-6-7-8-9-10-11-12-13-14-15-16-17-21-24-61(63,81-60-22-19-18-20-23-60)59-80-58-57-79-56-55-78-54-53-77-52-51-76-50-49-75-48-47-74-46-45-73-44-43-72-42-41-71-40-39-70-38-37-69-36-35-68-34-33-67-32-31-66-30-29-65-28-27-64-26-25-62/h18-20,22-23,62-63H,2-17,21,24-59H2,1H3. The third-order valence-electron chi connectivity index (χ3n) is 12.2. The molecule has 0 saturated carbocycles. The number of hydrogen-bond acceptors (Lipinski definition) is 20. The second-order valence-corrected chi connectivity index (χ2v) is 19.3. The van der Waals surface area contributed by atoms with Gasteiger partial charge in [-0.1, -0.05) is 128 Å². The lowest BCUT2D eigenvalue weighted by Gasteiger charge is -2.29. The summed E-state index contributed by atoms with van der Waals surface area (Å²) in [6.45, 7) is 18.0. The van der Waals surface area contributed by atoms with Crippen molar-refractivity contribution in [3.63, 3.8) is 0 Å². The average Bonchev–Trinajstić information content (AvgIpc) is 3.48. The van der Waals surface area contributed by atoms with Gasteiger partial charge < -0.3 is 95.5 Å². The van der Waals surface area contributed by atoms with Crippen molar-refractivity contribution in [3.05, 3.63) is 30.3 Å². The molecule has 1 unspecified atom stereocenters. The molecule has 2 N–H and O–H groups in total. The Hall–Kier alpha value is -1.74. The third-order valence-corrected chi connectivity index (χ3v) is 12.2. The third kappa shape index (κ3) is 62.6. The first-order valence-corrected chi connectivity index (χ1v) is 31.1. The first-order valence-electron chi connectivity index (χ1n) is 31.1. The molecule has 0 spiro atoms. The van der Waals surface area contributed by atoms with Crippen molar-refractivity contribution in [1.29, 1.82) is 0 Å². The molecule has 0 saturated heterocycles. The maximum absolute atomic E-state index is 11.4. The van der Waals surface area contributed by atoms with Gasteiger partial charge in [0, 0.05) is 6.42 Å². The zero-order chi connectivity index (χ0) is 57.8. The molecule has 0 bridgehead atoms. The molecule has 81 heavy (non-hydrogen) atoms. The van der Waals surface area contributed by atoms with Crippen molar-refractivity contribution in [3.8, 4) is 5.75 Å². The van der Waals surface area contributed by atoms with E-state index in [1.54, 1.807) is 0 Å². The molecule has 0 fully saturated rings. The Morgan fingerprint density at radius 3 is 0.716 bits per heavy atom. The second-order valence-electron chi connectivity index (χ2n) is 19.3. The summed E-state index contributed by atoms with van der Waals surface area (Å²) in [5.74, 6) is -0.747. The van der Waals surface area contributed by atoms with E-state index in [1.165, 1.54) is 96.3 Å². The van der Waals surface area contributed by atoms with Crippen LogP contribution in [0.1, 0.15) is 122 Å². The van der Waals surface area contributed by atoms with E-state index in [2.05, 4.69) is 6.92 Å². The fourth-order valence-corrected chi connectivity index (χ4v) is 7.80. The van der Waals surface area contributed by atoms with Gasteiger partial charge in [0.15, 0.2) is 0 Å². The van der Waals surface area contributed by atoms with Gasteiger partial charge in [-0.25, -0.2) is 0 Å². The van der Waals surface area contributed by atoms with Gasteiger partial charge in [0.05, 0.1) is 225 Å². The summed E-state index contributed by atoms with van der Waals surface area (Å²) in [7, 11) is 0. The molecule has 0 aliphatic heterocycles. The monoisotopic (exact) mass is 1170 g/mol. The highest BCUT2D eigenvalue weighted by molar-refractivity contribution is 5.21. The van der Waals surface area contributed by atoms with Gasteiger partial charge in [0.1, 0.15) is 12.4 Å². The predicted molar refractivity (Wildman–Crippen MR) is 312 cm³/mol. The zero-order valence-electron chi connectivity index (χ0n) is 50.6. The number of hydrogen-bond donors (Lipinski definition) is 2. The Kier molecular flexibility index (Phi) is 64.3. The lowest BCUT2D eigenvalue weighted by atomic mass is 10.0. The van der Waals surface area contributed by atoms with Crippen LogP contribution in [-0.2, 0) is 80.5 Å². The molecular formula is C61H116O20. The fraction of sp³-hybridized carbons (Fsp3) is 0.902. The van der Waals surface area contributed by atoms with Crippen molar-refractivity contribution in [2.24, 2.45) is 0 Å². The first-order chi connectivity index (χ1) is 40.2. The molecule has 20 nitrogen and oxygen atoms in total. The van der Waals surface area contributed by atoms with Crippen molar-refractivity contribution >= 4 is 0 Å². The molecule has 1 aromatic carbocycles. The summed E-state index contributed by atoms with van der Waals surface area (Å²) in [6.07, 6.45) is 22.9. The van der Waals surface area contributed by atoms with Gasteiger partial charge in [0.2, 0.25) is 5.79 Å². The molecule has 0 heterocycles. The molecule has 0 aromatic heterocycles. The Morgan fingerprint density at radius 2 is 0.481 bits per heavy atom. The van der Waals surface area contributed by atoms with E-state index in [0.717, 1.165) is 12.8 Å². The van der Waals surface area contributed by atoms with E-state index in [9.17, 15) is 5.11 Å². The number of para-hydroxylation sites is 1. The number of rotatable bonds is 72. The number of aliphatic hydroxyl groups excluding tert-OH is 1. The molecule has 20 heteroatoms. The van der Waals surface area contributed by atoms with Crippen LogP contribution in [0.2, 0.25) is 0 Å². The van der Waals surface area contributed by atoms with Crippen LogP contribution in [0, 0.1) is 0 Å². The van der Waals surface area contributed by atoms with Gasteiger partial charge in [-0.3, -0.25) is 0 Å². The van der Waals surface area contributed by atoms with Crippen molar-refractivity contribution in [2.75, 3.05) is 231 Å². The smallest absolute Gasteiger partial charge is 0.231 e. The topological polar surface area (TPSA) is 207 Å². The van der Waals surface area contributed by atoms with Gasteiger partial charge in [-0.05, 0) is 18.6 Å². The van der Waals surface area contributed by atoms with Gasteiger partial charge in [-0.15, -0.1) is 0 Å². The van der Waals surface area contributed by atoms with Crippen LogP contribution in [0.15, 0.2) is 30.3 Å². The summed E-state index contributed by atoms with van der Waals surface area (Å²) in [5.41, 5.74) is 0. The fourth-order valence-electron chi connectivity index (χ4n) is 7.80. The maximum atomic E-state index is 11.4. The van der Waals surface area contributed by atoms with E-state index in [1.807, 2.05) is 30.3 Å². The Bertz CT molecular complexity index is 1300. The van der Waals surface area contributed by atoms with Crippen LogP contribution in [0.5, 0.6) is 5.75 Å². The minimum absolute atomic E-state index is 0.0191. The van der Waals surface area contributed by atoms with Crippen molar-refractivity contribution < 1.29 is 95.5 Å². The molecule has 0 radical (unpaired) electrons. The molecule has 0 aliphatic carbocycles. The molecule has 1 atom stereocenters. The number of aliphatic hydroxyl groups is 2. The minimum Gasteiger partial charge on any atom is -0.460 e. The number of unbranched alkanes of at least 4 members (excludes halogenated alkanes) is 16. The van der Waals surface area contributed by atoms with Crippen molar-refractivity contribution in [2.45, 2.75) is 128 Å². The summed E-state index contributed by atoms with van der Waals surface area (Å²) in [5, 5.41) is 20.0. The van der Waals surface area contributed by atoms with E-state index >= 15 is 0 Å². The van der Waals surface area contributed by atoms with E-state index in [0.29, 0.717) is 230 Å². The van der Waals surface area contributed by atoms with Gasteiger partial charge in [-0.2, -0.15) is 0 Å². The first kappa shape index (κ1) is 77.3. The number of ether oxygens (including phenoxy) is 18. The summed E-state index contributed by atoms with van der Waals surface area (Å²) < 4.78 is 99.8. The largest absolute Gasteiger partial charge is 0.460 e. The van der Waals surface area contributed by atoms with Crippen LogP contribution in [0.3, 0.4) is 0 Å². The zero-order valence-corrected chi connectivity index (χ0v) is 50.6. The SMILES string of the molecule is CCCCCCCCCCCCCCCCCCCC(O)(COCCOCCOCCOCCOCCOCCOCCOCCOCCOCCOCCOCCOCCOCCOCCOCCOCCO)Oc1ccccc1. The van der Waals surface area contributed by atoms with E-state index in [4.69, 9.17) is 90.4 Å². The Balaban J connectivity index is 1.76. The molecule has 0 aliphatic rings. The minimum atomic E-state index is -1.38. The summed E-state index contributed by atoms with van der Waals surface area (Å²) in [4.78, 5) is 0. The quantitative estimate of drug-likeness (QED) is 0.0467. The normalized spacial score (nSPS) is 12.5. The van der Waals surface area contributed by atoms with E-state index in [-0.39, 0.29) is 13.2 Å². The highest BCUT2D eigenvalue weighted by Gasteiger charge is 2.29. The van der Waals surface area contributed by atoms with Crippen LogP contribution < -0.4 is 4.74 Å². The molecule has 0 amide bonds. The van der Waals surface area contributed by atoms with Crippen LogP contribution in [0.4, 0.5) is 0 Å². The second kappa shape index (κ2) is 67.4. The molecule has 480 valence electrons. The van der Waals surface area contributed by atoms with Gasteiger partial charge >= 0.3 is 0 Å². The van der Waals surface area contributed by atoms with Crippen molar-refractivity contribution in [1.82, 2.24) is 0 Å². The van der Waals surface area contributed by atoms with E-state index < -0.39 is 5.79 Å². The molecule has 1 rings (SSSR count). The molecular weight excluding hydrogens is 1050 g/mol. The average molecular weight is 1170 g/mol. The van der Waals surface area contributed by atoms with Crippen LogP contribution in [0.25, 0.3) is 0 Å². The predicted octanol–water partition coefficient (Wildman–Crippen LogP) is 8.07. The summed E-state index contributed by atoms with van der Waals surface area (Å²) in [6, 6.07) is 9.47. The molecule has 1 aromatic rings. The highest BCUT2D eigenvalue weighted by Crippen LogP contribution is 2.23. The lowest BCUT2D eigenvalue weighted by molar-refractivity contribution is -0.185. The lowest BCUT2D eigenvalue weighted by Crippen LogP contribution is -2.41. The number of benzene rings is 1. The maximum Gasteiger partial charge on any atom is 0.231 e. The van der Waals surface area contributed by atoms with Crippen LogP contribution in [-0.4, -0.2) is 247 Å². The highest BCUT2D eigenvalue weighted by atomic mass is 16.7. The van der Waals surface area contributed by atoms with Gasteiger partial charge in [0.25, 0.3) is 0 Å². The Labute approximate surface area is 489 Å². The summed E-state index contributed by atoms with van der Waals surface area (Å²) >= 11 is 0. The van der Waals surface area contributed by atoms with Crippen LogP contribution >= 0.6 is 0 Å².